The van der Waals surface area contributed by atoms with E-state index in [1.54, 1.807) is 6.08 Å². The summed E-state index contributed by atoms with van der Waals surface area (Å²) in [7, 11) is 0. The highest BCUT2D eigenvalue weighted by Gasteiger charge is 2.47. The summed E-state index contributed by atoms with van der Waals surface area (Å²) in [5.74, 6) is -1.16. The van der Waals surface area contributed by atoms with Gasteiger partial charge in [-0.15, -0.1) is 0 Å². The van der Waals surface area contributed by atoms with Gasteiger partial charge in [-0.3, -0.25) is 9.59 Å². The molecule has 1 aliphatic rings. The van der Waals surface area contributed by atoms with E-state index in [0.29, 0.717) is 19.3 Å². The summed E-state index contributed by atoms with van der Waals surface area (Å²) < 4.78 is 17.8. The second-order valence-corrected chi connectivity index (χ2v) is 29.2. The molecular weight excluding hydrogens is 1160 g/mol. The molecule has 93 heavy (non-hydrogen) atoms. The third kappa shape index (κ3) is 56.9. The molecule has 8 unspecified atom stereocenters. The van der Waals surface area contributed by atoms with E-state index in [4.69, 9.17) is 14.2 Å². The van der Waals surface area contributed by atoms with Crippen molar-refractivity contribution in [3.8, 4) is 0 Å². The normalized spacial score (nSPS) is 17.8. The third-order valence-electron chi connectivity index (χ3n) is 20.2. The Morgan fingerprint density at radius 2 is 0.699 bits per heavy atom. The molecule has 0 spiro atoms. The molecule has 1 rings (SSSR count). The van der Waals surface area contributed by atoms with Gasteiger partial charge in [0, 0.05) is 6.42 Å². The molecule has 0 saturated carbocycles. The van der Waals surface area contributed by atoms with Gasteiger partial charge in [0.15, 0.2) is 12.4 Å². The number of hydrogen-bond acceptors (Lipinski definition) is 10. The van der Waals surface area contributed by atoms with E-state index in [-0.39, 0.29) is 13.0 Å². The summed E-state index contributed by atoms with van der Waals surface area (Å²) in [6, 6.07) is -1.02. The zero-order valence-corrected chi connectivity index (χ0v) is 61.9. The van der Waals surface area contributed by atoms with Gasteiger partial charge >= 0.3 is 5.97 Å². The van der Waals surface area contributed by atoms with Gasteiger partial charge in [-0.05, 0) is 25.7 Å². The molecule has 11 heteroatoms. The van der Waals surface area contributed by atoms with Crippen molar-refractivity contribution in [3.63, 3.8) is 0 Å². The summed E-state index contributed by atoms with van der Waals surface area (Å²) in [4.78, 5) is 26.8. The number of ether oxygens (including phenoxy) is 3. The lowest BCUT2D eigenvalue weighted by Crippen LogP contribution is -2.61. The molecule has 0 radical (unpaired) electrons. The number of carbonyl (C=O) groups excluding carboxylic acids is 2. The second-order valence-electron chi connectivity index (χ2n) is 29.2. The smallest absolute Gasteiger partial charge is 0.306 e. The van der Waals surface area contributed by atoms with Crippen molar-refractivity contribution in [2.24, 2.45) is 0 Å². The van der Waals surface area contributed by atoms with E-state index >= 15 is 0 Å². The van der Waals surface area contributed by atoms with Gasteiger partial charge in [0.1, 0.15) is 24.4 Å². The highest BCUT2D eigenvalue weighted by Crippen LogP contribution is 2.27. The minimum atomic E-state index is -1.61. The van der Waals surface area contributed by atoms with Crippen LogP contribution in [0.2, 0.25) is 0 Å². The Morgan fingerprint density at radius 1 is 0.409 bits per heavy atom. The van der Waals surface area contributed by atoms with Gasteiger partial charge < -0.3 is 45.1 Å². The van der Waals surface area contributed by atoms with E-state index in [1.165, 1.54) is 334 Å². The number of aliphatic hydroxyl groups excluding tert-OH is 5. The van der Waals surface area contributed by atoms with Crippen LogP contribution in [0.4, 0.5) is 0 Å². The van der Waals surface area contributed by atoms with Crippen LogP contribution in [0.5, 0.6) is 0 Å². The molecule has 8 atom stereocenters. The van der Waals surface area contributed by atoms with Crippen LogP contribution in [0.25, 0.3) is 0 Å². The molecule has 0 aromatic heterocycles. The maximum Gasteiger partial charge on any atom is 0.306 e. The summed E-state index contributed by atoms with van der Waals surface area (Å²) in [6.45, 7) is 5.90. The van der Waals surface area contributed by atoms with Gasteiger partial charge in [0.05, 0.1) is 25.4 Å². The Bertz CT molecular complexity index is 1570. The SMILES string of the molecule is CCCCCCCCCCCCC/C=C/C(O)C(COC1OC(CO)C(O)C(O)C1OC(=O)CCCCCCCCCCCCCCCCCCCCCCCCCCCCC)NC(=O)C(O)CCCCCCCCCCCCCCCCCCCCCCCCCC. The average molecular weight is 1320 g/mol. The minimum Gasteiger partial charge on any atom is -0.454 e. The first-order valence-corrected chi connectivity index (χ1v) is 41.5. The molecule has 0 aliphatic carbocycles. The molecule has 1 aliphatic heterocycles. The number of nitrogens with one attached hydrogen (secondary N) is 1. The highest BCUT2D eigenvalue weighted by atomic mass is 16.7. The first-order valence-electron chi connectivity index (χ1n) is 41.5. The molecule has 1 amide bonds. The van der Waals surface area contributed by atoms with Crippen LogP contribution >= 0.6 is 0 Å². The fourth-order valence-electron chi connectivity index (χ4n) is 13.7. The number of hydrogen-bond donors (Lipinski definition) is 6. The summed E-state index contributed by atoms with van der Waals surface area (Å²) in [5.41, 5.74) is 0. The number of rotatable bonds is 74. The van der Waals surface area contributed by atoms with E-state index in [1.807, 2.05) is 6.08 Å². The molecule has 11 nitrogen and oxygen atoms in total. The lowest BCUT2D eigenvalue weighted by molar-refractivity contribution is -0.305. The molecule has 0 aromatic carbocycles. The topological polar surface area (TPSA) is 175 Å². The predicted octanol–water partition coefficient (Wildman–Crippen LogP) is 22.5. The van der Waals surface area contributed by atoms with Crippen molar-refractivity contribution >= 4 is 11.9 Å². The fourth-order valence-corrected chi connectivity index (χ4v) is 13.7. The van der Waals surface area contributed by atoms with Crippen LogP contribution in [0, 0.1) is 0 Å². The predicted molar refractivity (Wildman–Crippen MR) is 394 cm³/mol. The molecular formula is C82H159NO10. The Hall–Kier alpha value is -1.60. The summed E-state index contributed by atoms with van der Waals surface area (Å²) in [6.07, 6.45) is 75.7. The lowest BCUT2D eigenvalue weighted by Gasteiger charge is -2.41. The Labute approximate surface area is 576 Å². The average Bonchev–Trinajstić information content (AvgIpc) is 0.964. The molecule has 0 aromatic rings. The quantitative estimate of drug-likeness (QED) is 0.0195. The van der Waals surface area contributed by atoms with Crippen LogP contribution in [-0.4, -0.2) is 99.6 Å². The summed E-state index contributed by atoms with van der Waals surface area (Å²) >= 11 is 0. The zero-order chi connectivity index (χ0) is 67.4. The third-order valence-corrected chi connectivity index (χ3v) is 20.2. The molecule has 0 bridgehead atoms. The molecule has 1 fully saturated rings. The Kier molecular flexibility index (Phi) is 67.6. The van der Waals surface area contributed by atoms with Crippen LogP contribution in [0.15, 0.2) is 12.2 Å². The van der Waals surface area contributed by atoms with E-state index in [2.05, 4.69) is 26.1 Å². The van der Waals surface area contributed by atoms with Gasteiger partial charge in [-0.1, -0.05) is 418 Å². The lowest BCUT2D eigenvalue weighted by atomic mass is 9.99. The van der Waals surface area contributed by atoms with Crippen molar-refractivity contribution in [1.29, 1.82) is 0 Å². The first kappa shape index (κ1) is 89.4. The van der Waals surface area contributed by atoms with Gasteiger partial charge in [-0.25, -0.2) is 0 Å². The standard InChI is InChI=1S/C82H159NO10/c1-4-7-10-13-16-19-22-25-27-29-31-33-35-37-38-39-41-43-45-47-49-52-55-58-61-64-67-70-77(87)93-80-79(89)78(88)76(71-84)92-82(80)91-72-73(74(85)68-65-62-59-56-53-50-24-21-18-15-12-9-6-3)83-81(90)75(86)69-66-63-60-57-54-51-48-46-44-42-40-36-34-32-30-28-26-23-20-17-14-11-8-5-2/h65,68,73-76,78-80,82,84-86,88-89H,4-64,66-67,69-72H2,1-3H3,(H,83,90)/b68-65+. The van der Waals surface area contributed by atoms with Gasteiger partial charge in [-0.2, -0.15) is 0 Å². The number of aliphatic hydroxyl groups is 5. The fraction of sp³-hybridized carbons (Fsp3) is 0.951. The van der Waals surface area contributed by atoms with Gasteiger partial charge in [0.25, 0.3) is 0 Å². The number of carbonyl (C=O) groups is 2. The largest absolute Gasteiger partial charge is 0.454 e. The van der Waals surface area contributed by atoms with Crippen molar-refractivity contribution < 1.29 is 49.3 Å². The number of unbranched alkanes of at least 4 members (excludes halogenated alkanes) is 60. The maximum absolute atomic E-state index is 13.5. The molecule has 1 saturated heterocycles. The van der Waals surface area contributed by atoms with Crippen molar-refractivity contribution in [2.75, 3.05) is 13.2 Å². The maximum atomic E-state index is 13.5. The first-order chi connectivity index (χ1) is 45.7. The second kappa shape index (κ2) is 70.3. The molecule has 1 heterocycles. The van der Waals surface area contributed by atoms with E-state index in [0.717, 1.165) is 57.8 Å². The monoisotopic (exact) mass is 1320 g/mol. The van der Waals surface area contributed by atoms with Crippen LogP contribution in [-0.2, 0) is 23.8 Å². The minimum absolute atomic E-state index is 0.133. The highest BCUT2D eigenvalue weighted by molar-refractivity contribution is 5.80. The Balaban J connectivity index is 2.47. The van der Waals surface area contributed by atoms with Crippen molar-refractivity contribution in [1.82, 2.24) is 5.32 Å². The number of esters is 1. The van der Waals surface area contributed by atoms with Gasteiger partial charge in [0.2, 0.25) is 5.91 Å². The van der Waals surface area contributed by atoms with E-state index in [9.17, 15) is 35.1 Å². The molecule has 552 valence electrons. The van der Waals surface area contributed by atoms with Crippen molar-refractivity contribution in [2.45, 2.75) is 487 Å². The van der Waals surface area contributed by atoms with Crippen LogP contribution in [0.3, 0.4) is 0 Å². The molecule has 6 N–H and O–H groups in total. The number of amides is 1. The zero-order valence-electron chi connectivity index (χ0n) is 61.9. The Morgan fingerprint density at radius 3 is 1.01 bits per heavy atom. The van der Waals surface area contributed by atoms with Crippen LogP contribution < -0.4 is 5.32 Å². The van der Waals surface area contributed by atoms with E-state index < -0.39 is 67.4 Å². The van der Waals surface area contributed by atoms with Crippen LogP contribution in [0.1, 0.15) is 438 Å². The number of allylic oxidation sites excluding steroid dienone is 1. The van der Waals surface area contributed by atoms with Crippen molar-refractivity contribution in [3.05, 3.63) is 12.2 Å². The summed E-state index contributed by atoms with van der Waals surface area (Å²) in [5, 5.41) is 57.5.